The molecule has 2 aliphatic rings. The van der Waals surface area contributed by atoms with Crippen molar-refractivity contribution in [1.82, 2.24) is 4.98 Å². The van der Waals surface area contributed by atoms with Gasteiger partial charge in [0.15, 0.2) is 5.71 Å². The summed E-state index contributed by atoms with van der Waals surface area (Å²) < 4.78 is 42.7. The van der Waals surface area contributed by atoms with Crippen LogP contribution in [0.3, 0.4) is 0 Å². The number of fused-ring (bicyclic) bond motifs is 3. The second-order valence-corrected chi connectivity index (χ2v) is 15.4. The Bertz CT molecular complexity index is 2360. The molecule has 0 bridgehead atoms. The Morgan fingerprint density at radius 3 is 2.49 bits per heavy atom. The van der Waals surface area contributed by atoms with Crippen molar-refractivity contribution in [3.8, 4) is 0 Å². The summed E-state index contributed by atoms with van der Waals surface area (Å²) in [5.41, 5.74) is 5.45. The SMILES string of the molecule is CCN1/C(=C\C=C\C2=[N+](CCCCCC(=O)Nc3ccc4[nH]c(=O)oc(=O)c4c3)c3ccc(S(=O)(=O)[O-])cc3C2(C)C)C(C)(C)c2ccccc21. The average Bonchev–Trinajstić information content (AvgIpc) is 3.42. The molecule has 1 aromatic heterocycles. The molecule has 0 unspecified atom stereocenters. The predicted molar refractivity (Wildman–Crippen MR) is 197 cm³/mol. The Morgan fingerprint density at radius 1 is 0.980 bits per heavy atom. The molecule has 0 aliphatic carbocycles. The van der Waals surface area contributed by atoms with Gasteiger partial charge < -0.3 is 19.2 Å². The number of hydrogen-bond acceptors (Lipinski definition) is 8. The predicted octanol–water partition coefficient (Wildman–Crippen LogP) is 6.22. The number of rotatable bonds is 11. The first-order chi connectivity index (χ1) is 24.1. The quantitative estimate of drug-likeness (QED) is 0.106. The van der Waals surface area contributed by atoms with E-state index in [1.807, 2.05) is 13.8 Å². The minimum absolute atomic E-state index is 0.165. The molecular weight excluding hydrogens is 669 g/mol. The minimum Gasteiger partial charge on any atom is -0.744 e. The van der Waals surface area contributed by atoms with E-state index < -0.39 is 26.9 Å². The lowest BCUT2D eigenvalue weighted by Crippen LogP contribution is -2.28. The third-order valence-electron chi connectivity index (χ3n) is 10.0. The molecule has 0 saturated heterocycles. The van der Waals surface area contributed by atoms with Gasteiger partial charge in [-0.1, -0.05) is 38.1 Å². The van der Waals surface area contributed by atoms with Gasteiger partial charge in [0, 0.05) is 59.6 Å². The van der Waals surface area contributed by atoms with E-state index in [1.54, 1.807) is 18.2 Å². The summed E-state index contributed by atoms with van der Waals surface area (Å²) in [5.74, 6) is -1.05. The van der Waals surface area contributed by atoms with E-state index >= 15 is 0 Å². The highest BCUT2D eigenvalue weighted by molar-refractivity contribution is 7.85. The number of hydrogen-bond donors (Lipinski definition) is 2. The maximum atomic E-state index is 12.7. The Morgan fingerprint density at radius 2 is 1.75 bits per heavy atom. The molecule has 51 heavy (non-hydrogen) atoms. The maximum absolute atomic E-state index is 12.7. The van der Waals surface area contributed by atoms with Gasteiger partial charge in [-0.15, -0.1) is 0 Å². The first-order valence-corrected chi connectivity index (χ1v) is 18.5. The van der Waals surface area contributed by atoms with Gasteiger partial charge in [0.25, 0.3) is 0 Å². The highest BCUT2D eigenvalue weighted by Gasteiger charge is 2.45. The van der Waals surface area contributed by atoms with E-state index in [4.69, 9.17) is 0 Å². The molecule has 6 rings (SSSR count). The smallest absolute Gasteiger partial charge is 0.419 e. The molecule has 3 heterocycles. The molecule has 0 atom stereocenters. The summed E-state index contributed by atoms with van der Waals surface area (Å²) in [6.07, 6.45) is 8.67. The number of carbonyl (C=O) groups excluding carboxylic acids is 1. The number of allylic oxidation sites excluding steroid dienone is 4. The molecule has 2 N–H and O–H groups in total. The zero-order valence-corrected chi connectivity index (χ0v) is 30.2. The lowest BCUT2D eigenvalue weighted by atomic mass is 9.81. The summed E-state index contributed by atoms with van der Waals surface area (Å²) in [6.45, 7) is 12.1. The van der Waals surface area contributed by atoms with Gasteiger partial charge in [-0.3, -0.25) is 9.78 Å². The number of carbonyl (C=O) groups is 1. The normalized spacial score (nSPS) is 17.1. The number of para-hydroxylation sites is 1. The fraction of sp³-hybridized carbons (Fsp3) is 0.333. The number of aromatic amines is 1. The highest BCUT2D eigenvalue weighted by Crippen LogP contribution is 2.47. The number of aromatic nitrogens is 1. The van der Waals surface area contributed by atoms with Crippen molar-refractivity contribution in [1.29, 1.82) is 0 Å². The van der Waals surface area contributed by atoms with E-state index in [0.717, 1.165) is 36.3 Å². The number of nitrogens with zero attached hydrogens (tertiary/aromatic N) is 2. The second-order valence-electron chi connectivity index (χ2n) is 14.0. The van der Waals surface area contributed by atoms with Crippen molar-refractivity contribution in [2.45, 2.75) is 76.0 Å². The monoisotopic (exact) mass is 710 g/mol. The number of nitrogens with one attached hydrogen (secondary N) is 2. The first-order valence-electron chi connectivity index (χ1n) is 17.1. The first kappa shape index (κ1) is 35.7. The van der Waals surface area contributed by atoms with Crippen LogP contribution in [0.15, 0.2) is 103 Å². The molecule has 12 heteroatoms. The van der Waals surface area contributed by atoms with Gasteiger partial charge >= 0.3 is 11.4 Å². The van der Waals surface area contributed by atoms with Crippen LogP contribution in [0.25, 0.3) is 10.9 Å². The van der Waals surface area contributed by atoms with Crippen LogP contribution in [0.1, 0.15) is 71.4 Å². The van der Waals surface area contributed by atoms with E-state index in [-0.39, 0.29) is 28.0 Å². The second kappa shape index (κ2) is 13.6. The molecule has 3 aromatic carbocycles. The lowest BCUT2D eigenvalue weighted by Gasteiger charge is -2.25. The fourth-order valence-electron chi connectivity index (χ4n) is 7.39. The van der Waals surface area contributed by atoms with E-state index in [9.17, 15) is 27.4 Å². The standard InChI is InChI=1S/C39H42N4O7S/c1-6-42-31-14-10-9-13-28(31)38(2,3)33(42)15-12-16-34-39(4,5)29-24-26(51(47,48)49)19-21-32(29)43(34)22-11-7-8-17-35(44)40-25-18-20-30-27(23-25)36(45)50-37(46)41-30/h9-10,12-16,18-21,23-24H,6-8,11,17,22H2,1-5H3,(H2-,40,41,44,45,46,47,48,49). The van der Waals surface area contributed by atoms with E-state index in [2.05, 4.69) is 87.5 Å². The number of H-pyrrole nitrogens is 1. The summed E-state index contributed by atoms with van der Waals surface area (Å²) in [6, 6.07) is 17.7. The van der Waals surface area contributed by atoms with Crippen LogP contribution >= 0.6 is 0 Å². The van der Waals surface area contributed by atoms with Gasteiger partial charge in [0.1, 0.15) is 16.7 Å². The molecule has 0 saturated carbocycles. The van der Waals surface area contributed by atoms with Crippen LogP contribution < -0.4 is 21.6 Å². The van der Waals surface area contributed by atoms with Crippen molar-refractivity contribution in [3.05, 3.63) is 117 Å². The van der Waals surface area contributed by atoms with Gasteiger partial charge in [0.2, 0.25) is 11.6 Å². The summed E-state index contributed by atoms with van der Waals surface area (Å²) >= 11 is 0. The Balaban J connectivity index is 1.19. The molecule has 1 amide bonds. The Hall–Kier alpha value is -5.07. The van der Waals surface area contributed by atoms with Crippen LogP contribution in [0, 0.1) is 0 Å². The average molecular weight is 711 g/mol. The fourth-order valence-corrected chi connectivity index (χ4v) is 7.89. The number of anilines is 2. The molecule has 4 aromatic rings. The number of likely N-dealkylation sites (N-methyl/N-ethyl adjacent to an activating group) is 1. The largest absolute Gasteiger partial charge is 0.744 e. The maximum Gasteiger partial charge on any atom is 0.419 e. The molecule has 0 spiro atoms. The number of amides is 1. The third kappa shape index (κ3) is 6.85. The van der Waals surface area contributed by atoms with Gasteiger partial charge in [-0.25, -0.2) is 18.0 Å². The van der Waals surface area contributed by atoms with E-state index in [0.29, 0.717) is 24.2 Å². The minimum atomic E-state index is -4.64. The van der Waals surface area contributed by atoms with E-state index in [1.165, 1.54) is 35.1 Å². The zero-order chi connectivity index (χ0) is 36.7. The van der Waals surface area contributed by atoms with Crippen molar-refractivity contribution in [2.24, 2.45) is 0 Å². The van der Waals surface area contributed by atoms with Gasteiger partial charge in [-0.05, 0) is 81.7 Å². The van der Waals surface area contributed by atoms with Crippen LogP contribution in [0.2, 0.25) is 0 Å². The van der Waals surface area contributed by atoms with Crippen molar-refractivity contribution in [2.75, 3.05) is 23.3 Å². The van der Waals surface area contributed by atoms with Crippen LogP contribution in [-0.4, -0.2) is 47.2 Å². The zero-order valence-electron chi connectivity index (χ0n) is 29.4. The number of unbranched alkanes of at least 4 members (excludes halogenated alkanes) is 2. The molecule has 2 aliphatic heterocycles. The van der Waals surface area contributed by atoms with Crippen LogP contribution in [-0.2, 0) is 25.7 Å². The Labute approximate surface area is 296 Å². The molecule has 11 nitrogen and oxygen atoms in total. The number of benzene rings is 3. The van der Waals surface area contributed by atoms with Crippen molar-refractivity contribution >= 4 is 49.7 Å². The van der Waals surface area contributed by atoms with Crippen molar-refractivity contribution < 1.29 is 26.8 Å². The van der Waals surface area contributed by atoms with Crippen LogP contribution in [0.5, 0.6) is 0 Å². The topological polar surface area (TPSA) is 156 Å². The molecule has 266 valence electrons. The van der Waals surface area contributed by atoms with Gasteiger partial charge in [-0.2, -0.15) is 4.58 Å². The highest BCUT2D eigenvalue weighted by atomic mass is 32.2. The third-order valence-corrected chi connectivity index (χ3v) is 10.8. The Kier molecular flexibility index (Phi) is 9.51. The van der Waals surface area contributed by atoms with Crippen LogP contribution in [0.4, 0.5) is 17.1 Å². The summed E-state index contributed by atoms with van der Waals surface area (Å²) in [4.78, 5) is 40.7. The van der Waals surface area contributed by atoms with Gasteiger partial charge in [0.05, 0.1) is 21.2 Å². The molecule has 0 radical (unpaired) electrons. The lowest BCUT2D eigenvalue weighted by molar-refractivity contribution is -0.438. The molecule has 0 fully saturated rings. The summed E-state index contributed by atoms with van der Waals surface area (Å²) in [5, 5.41) is 2.97. The molecular formula is C39H42N4O7S. The summed E-state index contributed by atoms with van der Waals surface area (Å²) in [7, 11) is -4.64. The van der Waals surface area contributed by atoms with Crippen molar-refractivity contribution in [3.63, 3.8) is 0 Å².